The zero-order valence-electron chi connectivity index (χ0n) is 16.7. The molecule has 2 rings (SSSR count). The maximum absolute atomic E-state index is 13.2. The van der Waals surface area contributed by atoms with Gasteiger partial charge in [-0.2, -0.15) is 0 Å². The van der Waals surface area contributed by atoms with E-state index < -0.39 is 0 Å². The van der Waals surface area contributed by atoms with Crippen molar-refractivity contribution >= 4 is 23.2 Å². The van der Waals surface area contributed by atoms with Gasteiger partial charge >= 0.3 is 0 Å². The summed E-state index contributed by atoms with van der Waals surface area (Å²) in [7, 11) is 0. The number of nitrogens with one attached hydrogen (secondary N) is 1. The number of nitrogens with zero attached hydrogens (tertiary/aromatic N) is 2. The number of benzene rings is 2. The lowest BCUT2D eigenvalue weighted by Gasteiger charge is -2.24. The Morgan fingerprint density at radius 1 is 1.00 bits per heavy atom. The van der Waals surface area contributed by atoms with Crippen LogP contribution in [-0.4, -0.2) is 38.0 Å². The lowest BCUT2D eigenvalue weighted by molar-refractivity contribution is -0.121. The Labute approximate surface area is 166 Å². The molecule has 0 saturated carbocycles. The number of hydrogen-bond donors (Lipinski definition) is 1. The standard InChI is InChI=1S/C22H28FN3O2/c1-4-25(5-2)20-9-11-21(12-10-20)26(17(3)27)14-13-24-22(28)16-18-7-6-8-19(23)15-18/h6-12,15H,4-5,13-14,16H2,1-3H3,(H,24,28). The highest BCUT2D eigenvalue weighted by Crippen LogP contribution is 2.20. The van der Waals surface area contributed by atoms with Crippen LogP contribution in [0.4, 0.5) is 15.8 Å². The van der Waals surface area contributed by atoms with Crippen LogP contribution in [-0.2, 0) is 16.0 Å². The predicted molar refractivity (Wildman–Crippen MR) is 111 cm³/mol. The van der Waals surface area contributed by atoms with E-state index in [9.17, 15) is 14.0 Å². The van der Waals surface area contributed by atoms with E-state index in [2.05, 4.69) is 24.1 Å². The van der Waals surface area contributed by atoms with Crippen molar-refractivity contribution < 1.29 is 14.0 Å². The van der Waals surface area contributed by atoms with E-state index >= 15 is 0 Å². The van der Waals surface area contributed by atoms with Gasteiger partial charge in [0.15, 0.2) is 0 Å². The van der Waals surface area contributed by atoms with Crippen LogP contribution >= 0.6 is 0 Å². The second kappa shape index (κ2) is 10.4. The summed E-state index contributed by atoms with van der Waals surface area (Å²) in [6.45, 7) is 8.25. The van der Waals surface area contributed by atoms with Gasteiger partial charge in [0.05, 0.1) is 6.42 Å². The first-order chi connectivity index (χ1) is 13.4. The number of hydrogen-bond acceptors (Lipinski definition) is 3. The highest BCUT2D eigenvalue weighted by atomic mass is 19.1. The minimum absolute atomic E-state index is 0.0880. The first kappa shape index (κ1) is 21.4. The molecular formula is C22H28FN3O2. The van der Waals surface area contributed by atoms with E-state index in [0.29, 0.717) is 18.7 Å². The number of carbonyl (C=O) groups excluding carboxylic acids is 2. The van der Waals surface area contributed by atoms with Gasteiger partial charge in [0.25, 0.3) is 0 Å². The van der Waals surface area contributed by atoms with E-state index in [4.69, 9.17) is 0 Å². The smallest absolute Gasteiger partial charge is 0.224 e. The zero-order valence-corrected chi connectivity index (χ0v) is 16.7. The van der Waals surface area contributed by atoms with Gasteiger partial charge in [-0.05, 0) is 55.8 Å². The van der Waals surface area contributed by atoms with Crippen molar-refractivity contribution in [1.82, 2.24) is 5.32 Å². The molecule has 28 heavy (non-hydrogen) atoms. The molecule has 2 amide bonds. The molecule has 0 radical (unpaired) electrons. The second-order valence-electron chi connectivity index (χ2n) is 6.52. The Hall–Kier alpha value is -2.89. The Bertz CT molecular complexity index is 789. The zero-order chi connectivity index (χ0) is 20.5. The largest absolute Gasteiger partial charge is 0.372 e. The summed E-state index contributed by atoms with van der Waals surface area (Å²) in [5.41, 5.74) is 2.52. The number of anilines is 2. The maximum Gasteiger partial charge on any atom is 0.224 e. The summed E-state index contributed by atoms with van der Waals surface area (Å²) in [5.74, 6) is -0.651. The van der Waals surface area contributed by atoms with Crippen molar-refractivity contribution in [2.75, 3.05) is 36.0 Å². The van der Waals surface area contributed by atoms with E-state index in [0.717, 1.165) is 24.5 Å². The molecule has 2 aromatic rings. The van der Waals surface area contributed by atoms with Crippen LogP contribution in [0.15, 0.2) is 48.5 Å². The van der Waals surface area contributed by atoms with Crippen LogP contribution in [0.1, 0.15) is 26.3 Å². The Morgan fingerprint density at radius 2 is 1.64 bits per heavy atom. The lowest BCUT2D eigenvalue weighted by atomic mass is 10.1. The fraction of sp³-hybridized carbons (Fsp3) is 0.364. The molecule has 0 spiro atoms. The normalized spacial score (nSPS) is 10.4. The molecule has 0 atom stereocenters. The molecule has 0 aliphatic heterocycles. The summed E-state index contributed by atoms with van der Waals surface area (Å²) < 4.78 is 13.2. The second-order valence-corrected chi connectivity index (χ2v) is 6.52. The summed E-state index contributed by atoms with van der Waals surface area (Å²) in [6.07, 6.45) is 0.108. The summed E-state index contributed by atoms with van der Waals surface area (Å²) >= 11 is 0. The minimum atomic E-state index is -0.360. The summed E-state index contributed by atoms with van der Waals surface area (Å²) in [4.78, 5) is 28.0. The van der Waals surface area contributed by atoms with Gasteiger partial charge in [-0.25, -0.2) is 4.39 Å². The van der Waals surface area contributed by atoms with Crippen LogP contribution in [0, 0.1) is 5.82 Å². The number of amides is 2. The number of rotatable bonds is 9. The van der Waals surface area contributed by atoms with Crippen LogP contribution < -0.4 is 15.1 Å². The summed E-state index contributed by atoms with van der Waals surface area (Å²) in [6, 6.07) is 13.8. The maximum atomic E-state index is 13.2. The van der Waals surface area contributed by atoms with Crippen LogP contribution in [0.5, 0.6) is 0 Å². The average Bonchev–Trinajstić information content (AvgIpc) is 2.67. The lowest BCUT2D eigenvalue weighted by Crippen LogP contribution is -2.38. The van der Waals surface area contributed by atoms with Crippen LogP contribution in [0.25, 0.3) is 0 Å². The summed E-state index contributed by atoms with van der Waals surface area (Å²) in [5, 5.41) is 2.79. The monoisotopic (exact) mass is 385 g/mol. The van der Waals surface area contributed by atoms with E-state index in [-0.39, 0.29) is 24.1 Å². The molecule has 6 heteroatoms. The van der Waals surface area contributed by atoms with Gasteiger partial charge in [-0.15, -0.1) is 0 Å². The first-order valence-electron chi connectivity index (χ1n) is 9.58. The molecular weight excluding hydrogens is 357 g/mol. The van der Waals surface area contributed by atoms with Gasteiger partial charge in [-0.3, -0.25) is 9.59 Å². The van der Waals surface area contributed by atoms with Gasteiger partial charge < -0.3 is 15.1 Å². The molecule has 0 bridgehead atoms. The minimum Gasteiger partial charge on any atom is -0.372 e. The van der Waals surface area contributed by atoms with Crippen molar-refractivity contribution in [2.45, 2.75) is 27.2 Å². The molecule has 0 fully saturated rings. The van der Waals surface area contributed by atoms with Gasteiger partial charge in [0.1, 0.15) is 5.82 Å². The van der Waals surface area contributed by atoms with Crippen molar-refractivity contribution in [3.8, 4) is 0 Å². The van der Waals surface area contributed by atoms with Crippen molar-refractivity contribution in [3.63, 3.8) is 0 Å². The predicted octanol–water partition coefficient (Wildman–Crippen LogP) is 3.38. The van der Waals surface area contributed by atoms with Gasteiger partial charge in [-0.1, -0.05) is 12.1 Å². The van der Waals surface area contributed by atoms with Crippen molar-refractivity contribution in [2.24, 2.45) is 0 Å². The molecule has 0 aliphatic carbocycles. The molecule has 2 aromatic carbocycles. The molecule has 1 N–H and O–H groups in total. The van der Waals surface area contributed by atoms with E-state index in [1.165, 1.54) is 19.1 Å². The molecule has 5 nitrogen and oxygen atoms in total. The Morgan fingerprint density at radius 3 is 2.21 bits per heavy atom. The SMILES string of the molecule is CCN(CC)c1ccc(N(CCNC(=O)Cc2cccc(F)c2)C(C)=O)cc1. The molecule has 0 saturated heterocycles. The van der Waals surface area contributed by atoms with Crippen molar-refractivity contribution in [1.29, 1.82) is 0 Å². The highest BCUT2D eigenvalue weighted by molar-refractivity contribution is 5.91. The Kier molecular flexibility index (Phi) is 7.99. The quantitative estimate of drug-likeness (QED) is 0.720. The third kappa shape index (κ3) is 6.08. The molecule has 0 aliphatic rings. The van der Waals surface area contributed by atoms with E-state index in [1.807, 2.05) is 24.3 Å². The number of halogens is 1. The number of carbonyl (C=O) groups is 2. The topological polar surface area (TPSA) is 52.6 Å². The molecule has 150 valence electrons. The Balaban J connectivity index is 1.92. The van der Waals surface area contributed by atoms with E-state index in [1.54, 1.807) is 17.0 Å². The molecule has 0 unspecified atom stereocenters. The highest BCUT2D eigenvalue weighted by Gasteiger charge is 2.13. The third-order valence-electron chi connectivity index (χ3n) is 4.58. The van der Waals surface area contributed by atoms with Crippen LogP contribution in [0.2, 0.25) is 0 Å². The molecule has 0 heterocycles. The fourth-order valence-corrected chi connectivity index (χ4v) is 3.10. The average molecular weight is 385 g/mol. The third-order valence-corrected chi connectivity index (χ3v) is 4.58. The fourth-order valence-electron chi connectivity index (χ4n) is 3.10. The van der Waals surface area contributed by atoms with Crippen LogP contribution in [0.3, 0.4) is 0 Å². The first-order valence-corrected chi connectivity index (χ1v) is 9.58. The van der Waals surface area contributed by atoms with Gasteiger partial charge in [0.2, 0.25) is 11.8 Å². The van der Waals surface area contributed by atoms with Gasteiger partial charge in [0, 0.05) is 44.5 Å². The van der Waals surface area contributed by atoms with Crippen molar-refractivity contribution in [3.05, 3.63) is 59.9 Å². The molecule has 0 aromatic heterocycles.